The van der Waals surface area contributed by atoms with Gasteiger partial charge in [-0.2, -0.15) is 0 Å². The number of rotatable bonds is 2. The van der Waals surface area contributed by atoms with Crippen molar-refractivity contribution in [1.82, 2.24) is 0 Å². The van der Waals surface area contributed by atoms with E-state index < -0.39 is 0 Å². The molecule has 0 aliphatic heterocycles. The predicted molar refractivity (Wildman–Crippen MR) is 113 cm³/mol. The van der Waals surface area contributed by atoms with Gasteiger partial charge < -0.3 is 10.2 Å². The van der Waals surface area contributed by atoms with Crippen molar-refractivity contribution in [2.24, 2.45) is 0 Å². The van der Waals surface area contributed by atoms with Crippen LogP contribution in [0, 0.1) is 63.2 Å². The summed E-state index contributed by atoms with van der Waals surface area (Å²) in [5, 5.41) is 23.0. The molecule has 3 heteroatoms. The van der Waals surface area contributed by atoms with Gasteiger partial charge in [-0.25, -0.2) is 0 Å². The molecule has 0 atom stereocenters. The van der Waals surface area contributed by atoms with Gasteiger partial charge in [-0.15, -0.1) is 11.5 Å². The summed E-state index contributed by atoms with van der Waals surface area (Å²) in [6.45, 7) is 0. The quantitative estimate of drug-likeness (QED) is 0.648. The molecule has 0 unspecified atom stereocenters. The van der Waals surface area contributed by atoms with Gasteiger partial charge in [0.15, 0.2) is 0 Å². The first-order chi connectivity index (χ1) is 14.2. The van der Waals surface area contributed by atoms with E-state index in [2.05, 4.69) is 19.3 Å². The second-order valence-corrected chi connectivity index (χ2v) is 7.18. The Labute approximate surface area is 191 Å². The van der Waals surface area contributed by atoms with E-state index >= 15 is 0 Å². The van der Waals surface area contributed by atoms with Crippen LogP contribution in [0.15, 0.2) is 54.1 Å². The van der Waals surface area contributed by atoms with Crippen LogP contribution in [0.2, 0.25) is 0 Å². The monoisotopic (exact) mass is 434 g/mol. The van der Waals surface area contributed by atoms with Crippen molar-refractivity contribution in [2.45, 2.75) is 19.3 Å². The van der Waals surface area contributed by atoms with Gasteiger partial charge in [0.1, 0.15) is 0 Å². The molecule has 0 saturated heterocycles. The van der Waals surface area contributed by atoms with Gasteiger partial charge in [-0.05, 0) is 93.2 Å². The van der Waals surface area contributed by atoms with Crippen molar-refractivity contribution < 1.29 is 27.3 Å². The molecule has 5 rings (SSSR count). The van der Waals surface area contributed by atoms with Crippen LogP contribution in [0.4, 0.5) is 0 Å². The molecule has 150 valence electrons. The van der Waals surface area contributed by atoms with Gasteiger partial charge >= 0.3 is 17.1 Å². The molecule has 0 aromatic heterocycles. The molecule has 0 heterocycles. The van der Waals surface area contributed by atoms with E-state index in [1.165, 1.54) is 17.4 Å². The topological polar surface area (TPSA) is 46.1 Å². The molecule has 3 fully saturated rings. The molecular formula is C27H22FeO2. The average molecular weight is 434 g/mol. The fraction of sp³-hybridized carbons (Fsp3) is 0.111. The molecule has 0 spiro atoms. The van der Waals surface area contributed by atoms with Crippen molar-refractivity contribution in [3.63, 3.8) is 0 Å². The first-order valence-electron chi connectivity index (χ1n) is 9.92. The Morgan fingerprint density at radius 1 is 0.600 bits per heavy atom. The maximum absolute atomic E-state index is 11.5. The van der Waals surface area contributed by atoms with Crippen LogP contribution in [0.25, 0.3) is 5.57 Å². The first kappa shape index (κ1) is 23.0. The minimum atomic E-state index is 0. The minimum absolute atomic E-state index is 0. The summed E-state index contributed by atoms with van der Waals surface area (Å²) in [7, 11) is 0. The van der Waals surface area contributed by atoms with Crippen LogP contribution in [-0.2, 0) is 17.1 Å². The van der Waals surface area contributed by atoms with Crippen molar-refractivity contribution >= 4 is 5.57 Å². The van der Waals surface area contributed by atoms with Crippen molar-refractivity contribution in [3.05, 3.63) is 128 Å². The van der Waals surface area contributed by atoms with E-state index in [0.717, 1.165) is 36.0 Å². The van der Waals surface area contributed by atoms with Gasteiger partial charge in [-0.1, -0.05) is 54.1 Å². The van der Waals surface area contributed by atoms with Gasteiger partial charge in [0.05, 0.1) is 0 Å². The van der Waals surface area contributed by atoms with E-state index in [1.54, 1.807) is 24.3 Å². The molecule has 30 heavy (non-hydrogen) atoms. The minimum Gasteiger partial charge on any atom is -0.872 e. The Morgan fingerprint density at radius 3 is 1.60 bits per heavy atom. The molecular weight excluding hydrogens is 412 g/mol. The maximum Gasteiger partial charge on any atom is 2.00 e. The Morgan fingerprint density at radius 2 is 1.10 bits per heavy atom. The Bertz CT molecular complexity index is 764. The van der Waals surface area contributed by atoms with E-state index in [-0.39, 0.29) is 28.6 Å². The zero-order valence-corrected chi connectivity index (χ0v) is 17.6. The SMILES string of the molecule is [CH]1[CH][CH][CH][CH]1.[Fe+2].[O-]c1ccc(C(=C2CCC[C]3[CH][CH][CH][C]32)c2ccc([O-])cc2)cc1. The zero-order chi connectivity index (χ0) is 20.1. The Hall–Kier alpha value is -1.70. The van der Waals surface area contributed by atoms with Crippen molar-refractivity contribution in [1.29, 1.82) is 0 Å². The Kier molecular flexibility index (Phi) is 8.48. The number of hydrogen-bond acceptors (Lipinski definition) is 2. The molecule has 0 bridgehead atoms. The molecule has 3 aliphatic carbocycles. The summed E-state index contributed by atoms with van der Waals surface area (Å²) in [6, 6.07) is 13.9. The summed E-state index contributed by atoms with van der Waals surface area (Å²) in [4.78, 5) is 0. The Balaban J connectivity index is 0.000000376. The summed E-state index contributed by atoms with van der Waals surface area (Å²) in [5.74, 6) is 2.70. The van der Waals surface area contributed by atoms with Crippen LogP contribution in [-0.4, -0.2) is 0 Å². The van der Waals surface area contributed by atoms with Gasteiger partial charge in [0.25, 0.3) is 0 Å². The molecule has 10 radical (unpaired) electrons. The third-order valence-corrected chi connectivity index (χ3v) is 5.25. The molecule has 2 aromatic carbocycles. The third kappa shape index (κ3) is 5.50. The van der Waals surface area contributed by atoms with Crippen LogP contribution >= 0.6 is 0 Å². The first-order valence-corrected chi connectivity index (χ1v) is 9.92. The van der Waals surface area contributed by atoms with Crippen LogP contribution in [0.5, 0.6) is 11.5 Å². The van der Waals surface area contributed by atoms with Crippen molar-refractivity contribution in [3.8, 4) is 11.5 Å². The number of allylic oxidation sites excluding steroid dienone is 1. The largest absolute Gasteiger partial charge is 2.00 e. The molecule has 2 aromatic rings. The van der Waals surface area contributed by atoms with Gasteiger partial charge in [0.2, 0.25) is 0 Å². The smallest absolute Gasteiger partial charge is 0.872 e. The van der Waals surface area contributed by atoms with Crippen molar-refractivity contribution in [2.75, 3.05) is 0 Å². The van der Waals surface area contributed by atoms with Crippen LogP contribution in [0.1, 0.15) is 30.4 Å². The third-order valence-electron chi connectivity index (χ3n) is 5.25. The maximum atomic E-state index is 11.5. The molecule has 0 N–H and O–H groups in total. The second-order valence-electron chi connectivity index (χ2n) is 7.18. The average Bonchev–Trinajstić information content (AvgIpc) is 3.46. The van der Waals surface area contributed by atoms with E-state index in [1.807, 2.05) is 56.4 Å². The number of benzene rings is 2. The van der Waals surface area contributed by atoms with Crippen LogP contribution in [0.3, 0.4) is 0 Å². The van der Waals surface area contributed by atoms with E-state index in [9.17, 15) is 10.2 Å². The molecule has 0 amide bonds. The number of fused-ring (bicyclic) bond motifs is 1. The van der Waals surface area contributed by atoms with E-state index in [0.29, 0.717) is 0 Å². The fourth-order valence-electron chi connectivity index (χ4n) is 3.90. The zero-order valence-electron chi connectivity index (χ0n) is 16.5. The van der Waals surface area contributed by atoms with Crippen LogP contribution < -0.4 is 10.2 Å². The van der Waals surface area contributed by atoms with E-state index in [4.69, 9.17) is 0 Å². The fourth-order valence-corrected chi connectivity index (χ4v) is 3.90. The predicted octanol–water partition coefficient (Wildman–Crippen LogP) is 4.61. The van der Waals surface area contributed by atoms with Gasteiger partial charge in [0, 0.05) is 5.92 Å². The summed E-state index contributed by atoms with van der Waals surface area (Å²) >= 11 is 0. The standard InChI is InChI=1S/C22H19O2.C5H5.Fe/c23-18-11-7-16(8-12-18)22(17-9-13-19(24)14-10-17)21-6-2-4-15-3-1-5-20(15)21;1-2-4-5-3-1;/h1,3,5,7-14,23-24H,2,4,6H2;1-5H;/q;;+2/p-2. The molecule has 3 aliphatic rings. The molecule has 3 saturated carbocycles. The summed E-state index contributed by atoms with van der Waals surface area (Å²) in [6.07, 6.45) is 19.7. The summed E-state index contributed by atoms with van der Waals surface area (Å²) in [5.41, 5.74) is 4.48. The summed E-state index contributed by atoms with van der Waals surface area (Å²) < 4.78 is 0. The van der Waals surface area contributed by atoms with Gasteiger partial charge in [-0.3, -0.25) is 0 Å². The normalized spacial score (nSPS) is 18.9. The second kappa shape index (κ2) is 11.1. The number of hydrogen-bond donors (Lipinski definition) is 0. The molecule has 2 nitrogen and oxygen atoms in total.